The fraction of sp³-hybridized carbons (Fsp3) is 0.867. The molecule has 3 atom stereocenters. The lowest BCUT2D eigenvalue weighted by atomic mass is 9.71. The Morgan fingerprint density at radius 1 is 1.32 bits per heavy atom. The summed E-state index contributed by atoms with van der Waals surface area (Å²) < 4.78 is 0. The molecule has 4 heteroatoms. The minimum atomic E-state index is -0.335. The van der Waals surface area contributed by atoms with E-state index < -0.39 is 0 Å². The van der Waals surface area contributed by atoms with E-state index in [9.17, 15) is 9.59 Å². The number of hydrogen-bond acceptors (Lipinski definition) is 2. The first-order valence-corrected chi connectivity index (χ1v) is 7.51. The van der Waals surface area contributed by atoms with E-state index >= 15 is 0 Å². The molecule has 1 saturated carbocycles. The summed E-state index contributed by atoms with van der Waals surface area (Å²) in [7, 11) is 0. The van der Waals surface area contributed by atoms with Crippen LogP contribution in [0.2, 0.25) is 0 Å². The van der Waals surface area contributed by atoms with Crippen molar-refractivity contribution >= 4 is 11.8 Å². The minimum absolute atomic E-state index is 0.00664. The number of piperazine rings is 1. The third-order valence-corrected chi connectivity index (χ3v) is 4.86. The molecular formula is C15H26N2O2. The Balaban J connectivity index is 2.28. The van der Waals surface area contributed by atoms with Crippen molar-refractivity contribution < 1.29 is 9.59 Å². The number of nitrogens with one attached hydrogen (secondary N) is 1. The maximum Gasteiger partial charge on any atom is 0.246 e. The van der Waals surface area contributed by atoms with Gasteiger partial charge in [-0.3, -0.25) is 9.59 Å². The van der Waals surface area contributed by atoms with Gasteiger partial charge < -0.3 is 10.2 Å². The van der Waals surface area contributed by atoms with Gasteiger partial charge in [0.15, 0.2) is 0 Å². The van der Waals surface area contributed by atoms with Crippen molar-refractivity contribution in [3.05, 3.63) is 0 Å². The van der Waals surface area contributed by atoms with Crippen LogP contribution in [0, 0.1) is 5.41 Å². The van der Waals surface area contributed by atoms with E-state index in [1.54, 1.807) is 0 Å². The van der Waals surface area contributed by atoms with Crippen molar-refractivity contribution in [2.24, 2.45) is 5.41 Å². The van der Waals surface area contributed by atoms with Crippen LogP contribution in [0.25, 0.3) is 0 Å². The zero-order valence-electron chi connectivity index (χ0n) is 12.5. The van der Waals surface area contributed by atoms with Crippen LogP contribution < -0.4 is 5.32 Å². The summed E-state index contributed by atoms with van der Waals surface area (Å²) >= 11 is 0. The van der Waals surface area contributed by atoms with Gasteiger partial charge in [0.1, 0.15) is 12.1 Å². The molecule has 0 spiro atoms. The van der Waals surface area contributed by atoms with Gasteiger partial charge in [-0.25, -0.2) is 0 Å². The van der Waals surface area contributed by atoms with E-state index in [4.69, 9.17) is 0 Å². The van der Waals surface area contributed by atoms with E-state index in [0.717, 1.165) is 19.3 Å². The number of rotatable bonds is 2. The molecule has 2 rings (SSSR count). The minimum Gasteiger partial charge on any atom is -0.343 e. The third-order valence-electron chi connectivity index (χ3n) is 4.86. The average Bonchev–Trinajstić information content (AvgIpc) is 2.35. The fourth-order valence-corrected chi connectivity index (χ4v) is 3.54. The van der Waals surface area contributed by atoms with Gasteiger partial charge >= 0.3 is 0 Å². The number of carbonyl (C=O) groups excluding carboxylic acids is 2. The van der Waals surface area contributed by atoms with Crippen molar-refractivity contribution in [3.8, 4) is 0 Å². The summed E-state index contributed by atoms with van der Waals surface area (Å²) in [4.78, 5) is 26.6. The van der Waals surface area contributed by atoms with Gasteiger partial charge in [-0.15, -0.1) is 0 Å². The molecule has 3 unspecified atom stereocenters. The molecule has 0 aromatic rings. The molecule has 1 N–H and O–H groups in total. The molecular weight excluding hydrogens is 240 g/mol. The first-order chi connectivity index (χ1) is 8.88. The highest BCUT2D eigenvalue weighted by atomic mass is 16.2. The van der Waals surface area contributed by atoms with Gasteiger partial charge in [0.25, 0.3) is 0 Å². The summed E-state index contributed by atoms with van der Waals surface area (Å²) in [5.41, 5.74) is 0.109. The highest BCUT2D eigenvalue weighted by molar-refractivity contribution is 5.96. The van der Waals surface area contributed by atoms with E-state index in [1.807, 2.05) is 18.7 Å². The Morgan fingerprint density at radius 3 is 2.58 bits per heavy atom. The largest absolute Gasteiger partial charge is 0.343 e. The van der Waals surface area contributed by atoms with Gasteiger partial charge in [0.2, 0.25) is 11.8 Å². The zero-order valence-corrected chi connectivity index (χ0v) is 12.5. The van der Waals surface area contributed by atoms with Crippen LogP contribution in [0.15, 0.2) is 0 Å². The molecule has 1 aliphatic heterocycles. The lowest BCUT2D eigenvalue weighted by molar-refractivity contribution is -0.155. The standard InChI is InChI=1S/C15H26N2O2/c1-5-11-14(19)17(10(2)13(18)16-11)12-8-6-7-9-15(12,3)4/h10-12H,5-9H2,1-4H3,(H,16,18). The molecule has 2 aliphatic rings. The molecule has 19 heavy (non-hydrogen) atoms. The SMILES string of the molecule is CCC1NC(=O)C(C)N(C2CCCCC2(C)C)C1=O. The Kier molecular flexibility index (Phi) is 3.88. The number of amides is 2. The monoisotopic (exact) mass is 266 g/mol. The van der Waals surface area contributed by atoms with Crippen LogP contribution in [0.4, 0.5) is 0 Å². The van der Waals surface area contributed by atoms with Crippen LogP contribution in [-0.4, -0.2) is 34.8 Å². The fourth-order valence-electron chi connectivity index (χ4n) is 3.54. The number of nitrogens with zero attached hydrogens (tertiary/aromatic N) is 1. The highest BCUT2D eigenvalue weighted by Gasteiger charge is 2.46. The summed E-state index contributed by atoms with van der Waals surface area (Å²) in [5.74, 6) is 0.0994. The highest BCUT2D eigenvalue weighted by Crippen LogP contribution is 2.40. The molecule has 1 saturated heterocycles. The summed E-state index contributed by atoms with van der Waals surface area (Å²) in [6.45, 7) is 8.25. The van der Waals surface area contributed by atoms with Gasteiger partial charge in [0.05, 0.1) is 0 Å². The second-order valence-corrected chi connectivity index (χ2v) is 6.64. The molecule has 108 valence electrons. The van der Waals surface area contributed by atoms with Crippen LogP contribution in [0.3, 0.4) is 0 Å². The summed E-state index contributed by atoms with van der Waals surface area (Å²) in [6.07, 6.45) is 5.20. The molecule has 0 radical (unpaired) electrons. The third kappa shape index (κ3) is 2.49. The molecule has 0 bridgehead atoms. The second-order valence-electron chi connectivity index (χ2n) is 6.64. The van der Waals surface area contributed by atoms with Gasteiger partial charge in [-0.1, -0.05) is 33.6 Å². The quantitative estimate of drug-likeness (QED) is 0.832. The number of hydrogen-bond donors (Lipinski definition) is 1. The molecule has 4 nitrogen and oxygen atoms in total. The molecule has 2 amide bonds. The maximum absolute atomic E-state index is 12.6. The lowest BCUT2D eigenvalue weighted by Crippen LogP contribution is -2.67. The van der Waals surface area contributed by atoms with Crippen molar-refractivity contribution in [2.75, 3.05) is 0 Å². The van der Waals surface area contributed by atoms with Crippen LogP contribution in [-0.2, 0) is 9.59 Å². The molecule has 0 aromatic heterocycles. The summed E-state index contributed by atoms with van der Waals surface area (Å²) in [5, 5.41) is 2.83. The molecule has 2 fully saturated rings. The summed E-state index contributed by atoms with van der Waals surface area (Å²) in [6, 6.07) is -0.469. The van der Waals surface area contributed by atoms with Crippen molar-refractivity contribution in [1.82, 2.24) is 10.2 Å². The van der Waals surface area contributed by atoms with Crippen molar-refractivity contribution in [3.63, 3.8) is 0 Å². The smallest absolute Gasteiger partial charge is 0.246 e. The molecule has 1 aliphatic carbocycles. The topological polar surface area (TPSA) is 49.4 Å². The Labute approximate surface area is 115 Å². The Morgan fingerprint density at radius 2 is 2.00 bits per heavy atom. The first-order valence-electron chi connectivity index (χ1n) is 7.51. The average molecular weight is 266 g/mol. The normalized spacial score (nSPS) is 35.2. The van der Waals surface area contributed by atoms with E-state index in [-0.39, 0.29) is 35.4 Å². The van der Waals surface area contributed by atoms with Gasteiger partial charge in [0, 0.05) is 6.04 Å². The first kappa shape index (κ1) is 14.4. The van der Waals surface area contributed by atoms with Crippen molar-refractivity contribution in [1.29, 1.82) is 0 Å². The zero-order chi connectivity index (χ0) is 14.2. The van der Waals surface area contributed by atoms with Crippen LogP contribution >= 0.6 is 0 Å². The number of carbonyl (C=O) groups is 2. The Bertz CT molecular complexity index is 378. The van der Waals surface area contributed by atoms with Crippen LogP contribution in [0.1, 0.15) is 59.8 Å². The van der Waals surface area contributed by atoms with E-state index in [2.05, 4.69) is 19.2 Å². The second kappa shape index (κ2) is 5.14. The maximum atomic E-state index is 12.6. The van der Waals surface area contributed by atoms with Gasteiger partial charge in [-0.2, -0.15) is 0 Å². The van der Waals surface area contributed by atoms with E-state index in [1.165, 1.54) is 6.42 Å². The predicted octanol–water partition coefficient (Wildman–Crippen LogP) is 2.08. The van der Waals surface area contributed by atoms with Crippen LogP contribution in [0.5, 0.6) is 0 Å². The molecule has 0 aromatic carbocycles. The molecule has 1 heterocycles. The Hall–Kier alpha value is -1.06. The predicted molar refractivity (Wildman–Crippen MR) is 74.6 cm³/mol. The van der Waals surface area contributed by atoms with E-state index in [0.29, 0.717) is 6.42 Å². The van der Waals surface area contributed by atoms with Crippen molar-refractivity contribution in [2.45, 2.75) is 77.9 Å². The lowest BCUT2D eigenvalue weighted by Gasteiger charge is -2.50. The van der Waals surface area contributed by atoms with Gasteiger partial charge in [-0.05, 0) is 31.6 Å².